The smallest absolute Gasteiger partial charge is 0.178 e. The number of imidazole rings is 1. The number of hydrogen-bond acceptors (Lipinski definition) is 2. The minimum absolute atomic E-state index is 0.799. The van der Waals surface area contributed by atoms with Crippen LogP contribution in [0.2, 0.25) is 0 Å². The number of aromatic amines is 1. The van der Waals surface area contributed by atoms with Crippen molar-refractivity contribution in [2.75, 3.05) is 0 Å². The quantitative estimate of drug-likeness (QED) is 0.676. The average Bonchev–Trinajstić information content (AvgIpc) is 2.84. The van der Waals surface area contributed by atoms with E-state index in [1.165, 1.54) is 26.4 Å². The van der Waals surface area contributed by atoms with Gasteiger partial charge in [0.2, 0.25) is 0 Å². The standard InChI is InChI=1S/C15H16N2S2/c1-9-5-4-6-13-14(9)16-15(18)17(13)8-12-7-10(2)11(3)19-12/h4-7H,8H2,1-3H3,(H,16,18). The van der Waals surface area contributed by atoms with Crippen molar-refractivity contribution >= 4 is 34.6 Å². The van der Waals surface area contributed by atoms with Gasteiger partial charge in [-0.2, -0.15) is 0 Å². The first kappa shape index (κ1) is 12.6. The Hall–Kier alpha value is -1.39. The molecule has 2 heterocycles. The summed E-state index contributed by atoms with van der Waals surface area (Å²) in [6, 6.07) is 8.58. The van der Waals surface area contributed by atoms with Crippen LogP contribution < -0.4 is 0 Å². The molecule has 0 aliphatic carbocycles. The predicted octanol–water partition coefficient (Wildman–Crippen LogP) is 4.73. The van der Waals surface area contributed by atoms with E-state index in [9.17, 15) is 0 Å². The largest absolute Gasteiger partial charge is 0.330 e. The van der Waals surface area contributed by atoms with Crippen LogP contribution in [-0.4, -0.2) is 9.55 Å². The van der Waals surface area contributed by atoms with E-state index >= 15 is 0 Å². The highest BCUT2D eigenvalue weighted by Gasteiger charge is 2.08. The number of rotatable bonds is 2. The summed E-state index contributed by atoms with van der Waals surface area (Å²) < 4.78 is 2.98. The van der Waals surface area contributed by atoms with E-state index in [2.05, 4.69) is 54.6 Å². The Balaban J connectivity index is 2.13. The van der Waals surface area contributed by atoms with Gasteiger partial charge < -0.3 is 9.55 Å². The van der Waals surface area contributed by atoms with Gasteiger partial charge >= 0.3 is 0 Å². The molecule has 0 radical (unpaired) electrons. The van der Waals surface area contributed by atoms with Crippen molar-refractivity contribution in [2.24, 2.45) is 0 Å². The van der Waals surface area contributed by atoms with E-state index in [4.69, 9.17) is 12.2 Å². The van der Waals surface area contributed by atoms with Gasteiger partial charge in [-0.25, -0.2) is 0 Å². The van der Waals surface area contributed by atoms with Crippen molar-refractivity contribution in [1.82, 2.24) is 9.55 Å². The SMILES string of the molecule is Cc1cc(Cn2c(=S)[nH]c3c(C)cccc32)sc1C. The molecule has 3 aromatic rings. The highest BCUT2D eigenvalue weighted by Crippen LogP contribution is 2.24. The van der Waals surface area contributed by atoms with Crippen LogP contribution in [0.15, 0.2) is 24.3 Å². The summed E-state index contributed by atoms with van der Waals surface area (Å²) in [6.45, 7) is 7.29. The zero-order valence-corrected chi connectivity index (χ0v) is 12.9. The lowest BCUT2D eigenvalue weighted by atomic mass is 10.2. The molecule has 19 heavy (non-hydrogen) atoms. The Morgan fingerprint density at radius 1 is 1.21 bits per heavy atom. The van der Waals surface area contributed by atoms with E-state index < -0.39 is 0 Å². The first-order chi connectivity index (χ1) is 9.06. The second-order valence-corrected chi connectivity index (χ2v) is 6.66. The Morgan fingerprint density at radius 2 is 2.00 bits per heavy atom. The number of nitrogens with one attached hydrogen (secondary N) is 1. The molecule has 1 aromatic carbocycles. The van der Waals surface area contributed by atoms with E-state index in [1.54, 1.807) is 0 Å². The van der Waals surface area contributed by atoms with Gasteiger partial charge in [0.25, 0.3) is 0 Å². The number of hydrogen-bond donors (Lipinski definition) is 1. The van der Waals surface area contributed by atoms with Crippen LogP contribution in [-0.2, 0) is 6.54 Å². The van der Waals surface area contributed by atoms with Gasteiger partial charge in [-0.3, -0.25) is 0 Å². The van der Waals surface area contributed by atoms with Crippen LogP contribution >= 0.6 is 23.6 Å². The number of aromatic nitrogens is 2. The normalized spacial score (nSPS) is 11.3. The van der Waals surface area contributed by atoms with Crippen molar-refractivity contribution in [3.63, 3.8) is 0 Å². The second kappa shape index (κ2) is 4.62. The average molecular weight is 288 g/mol. The first-order valence-electron chi connectivity index (χ1n) is 6.30. The lowest BCUT2D eigenvalue weighted by molar-refractivity contribution is 0.823. The molecule has 3 rings (SSSR count). The number of para-hydroxylation sites is 1. The molecule has 0 atom stereocenters. The maximum Gasteiger partial charge on any atom is 0.178 e. The molecule has 0 aliphatic rings. The highest BCUT2D eigenvalue weighted by molar-refractivity contribution is 7.71. The summed E-state index contributed by atoms with van der Waals surface area (Å²) in [4.78, 5) is 6.06. The Morgan fingerprint density at radius 3 is 2.68 bits per heavy atom. The lowest BCUT2D eigenvalue weighted by Gasteiger charge is -2.02. The predicted molar refractivity (Wildman–Crippen MR) is 84.8 cm³/mol. The first-order valence-corrected chi connectivity index (χ1v) is 7.53. The molecule has 98 valence electrons. The van der Waals surface area contributed by atoms with Gasteiger partial charge in [0, 0.05) is 9.75 Å². The van der Waals surface area contributed by atoms with E-state index in [1.807, 2.05) is 11.3 Å². The molecule has 0 saturated carbocycles. The van der Waals surface area contributed by atoms with Crippen molar-refractivity contribution in [1.29, 1.82) is 0 Å². The summed E-state index contributed by atoms with van der Waals surface area (Å²) in [7, 11) is 0. The summed E-state index contributed by atoms with van der Waals surface area (Å²) >= 11 is 7.32. The summed E-state index contributed by atoms with van der Waals surface area (Å²) in [5, 5.41) is 0. The molecule has 4 heteroatoms. The zero-order chi connectivity index (χ0) is 13.6. The van der Waals surface area contributed by atoms with Crippen LogP contribution in [0.3, 0.4) is 0 Å². The van der Waals surface area contributed by atoms with Crippen LogP contribution in [0.5, 0.6) is 0 Å². The van der Waals surface area contributed by atoms with Gasteiger partial charge in [0.15, 0.2) is 4.77 Å². The molecule has 1 N–H and O–H groups in total. The number of aryl methyl sites for hydroxylation is 3. The molecule has 2 aromatic heterocycles. The zero-order valence-electron chi connectivity index (χ0n) is 11.3. The summed E-state index contributed by atoms with van der Waals surface area (Å²) in [5.41, 5.74) is 4.94. The molecular formula is C15H16N2S2. The van der Waals surface area contributed by atoms with Crippen molar-refractivity contribution in [3.05, 3.63) is 49.9 Å². The molecule has 0 aliphatic heterocycles. The lowest BCUT2D eigenvalue weighted by Crippen LogP contribution is -1.97. The van der Waals surface area contributed by atoms with E-state index in [0.29, 0.717) is 0 Å². The summed E-state index contributed by atoms with van der Waals surface area (Å²) in [6.07, 6.45) is 0. The number of fused-ring (bicyclic) bond motifs is 1. The number of thiophene rings is 1. The molecule has 0 amide bonds. The Kier molecular flexibility index (Phi) is 3.07. The van der Waals surface area contributed by atoms with Gasteiger partial charge in [0.05, 0.1) is 17.6 Å². The van der Waals surface area contributed by atoms with E-state index in [0.717, 1.165) is 16.8 Å². The summed E-state index contributed by atoms with van der Waals surface area (Å²) in [5.74, 6) is 0. The fourth-order valence-electron chi connectivity index (χ4n) is 2.36. The minimum Gasteiger partial charge on any atom is -0.330 e. The van der Waals surface area contributed by atoms with Gasteiger partial charge in [-0.1, -0.05) is 12.1 Å². The van der Waals surface area contributed by atoms with Gasteiger partial charge in [-0.15, -0.1) is 11.3 Å². The Labute approximate surface area is 121 Å². The van der Waals surface area contributed by atoms with Crippen LogP contribution in [0.25, 0.3) is 11.0 Å². The van der Waals surface area contributed by atoms with Crippen molar-refractivity contribution < 1.29 is 0 Å². The monoisotopic (exact) mass is 288 g/mol. The topological polar surface area (TPSA) is 20.7 Å². The molecule has 0 bridgehead atoms. The maximum absolute atomic E-state index is 5.46. The third-order valence-corrected chi connectivity index (χ3v) is 5.01. The van der Waals surface area contributed by atoms with Gasteiger partial charge in [0.1, 0.15) is 0 Å². The van der Waals surface area contributed by atoms with E-state index in [-0.39, 0.29) is 0 Å². The molecule has 0 fully saturated rings. The van der Waals surface area contributed by atoms with Gasteiger partial charge in [-0.05, 0) is 56.2 Å². The fraction of sp³-hybridized carbons (Fsp3) is 0.267. The molecule has 0 spiro atoms. The minimum atomic E-state index is 0.799. The molecule has 0 saturated heterocycles. The molecule has 2 nitrogen and oxygen atoms in total. The number of benzene rings is 1. The second-order valence-electron chi connectivity index (χ2n) is 4.94. The van der Waals surface area contributed by atoms with Crippen LogP contribution in [0.4, 0.5) is 0 Å². The van der Waals surface area contributed by atoms with Crippen LogP contribution in [0.1, 0.15) is 20.9 Å². The van der Waals surface area contributed by atoms with Crippen molar-refractivity contribution in [3.8, 4) is 0 Å². The Bertz CT molecular complexity index is 786. The fourth-order valence-corrected chi connectivity index (χ4v) is 3.67. The third kappa shape index (κ3) is 2.15. The third-order valence-electron chi connectivity index (χ3n) is 3.55. The molecular weight excluding hydrogens is 272 g/mol. The number of nitrogens with zero attached hydrogens (tertiary/aromatic N) is 1. The highest BCUT2D eigenvalue weighted by atomic mass is 32.1. The van der Waals surface area contributed by atoms with Crippen LogP contribution in [0, 0.1) is 25.5 Å². The van der Waals surface area contributed by atoms with Crippen molar-refractivity contribution in [2.45, 2.75) is 27.3 Å². The maximum atomic E-state index is 5.46. The molecule has 0 unspecified atom stereocenters. The number of H-pyrrole nitrogens is 1.